The summed E-state index contributed by atoms with van der Waals surface area (Å²) in [6.07, 6.45) is 0.471. The van der Waals surface area contributed by atoms with Gasteiger partial charge in [-0.1, -0.05) is 6.92 Å². The Morgan fingerprint density at radius 1 is 1.30 bits per heavy atom. The third-order valence-corrected chi connectivity index (χ3v) is 1.39. The van der Waals surface area contributed by atoms with E-state index >= 15 is 0 Å². The molecule has 0 atom stereocenters. The molecule has 0 aliphatic carbocycles. The van der Waals surface area contributed by atoms with Crippen LogP contribution in [0.5, 0.6) is 0 Å². The van der Waals surface area contributed by atoms with E-state index < -0.39 is 10.1 Å². The molecule has 0 rings (SSSR count). The second kappa shape index (κ2) is 10.3. The molecule has 0 aromatic heterocycles. The van der Waals surface area contributed by atoms with Crippen molar-refractivity contribution in [1.29, 1.82) is 0 Å². The van der Waals surface area contributed by atoms with E-state index in [9.17, 15) is 8.42 Å². The predicted molar refractivity (Wildman–Crippen MR) is 42.5 cm³/mol. The topological polar surface area (TPSA) is 117 Å². The van der Waals surface area contributed by atoms with E-state index in [0.717, 1.165) is 0 Å². The van der Waals surface area contributed by atoms with Crippen LogP contribution in [-0.4, -0.2) is 75.2 Å². The zero-order valence-corrected chi connectivity index (χ0v) is 5.90. The summed E-state index contributed by atoms with van der Waals surface area (Å²) in [4.78, 5) is 0. The van der Waals surface area contributed by atoms with Crippen molar-refractivity contribution in [3.63, 3.8) is 0 Å². The van der Waals surface area contributed by atoms with Gasteiger partial charge in [0, 0.05) is 0 Å². The maximum absolute atomic E-state index is 9.79. The van der Waals surface area contributed by atoms with Gasteiger partial charge < -0.3 is 11.0 Å². The van der Waals surface area contributed by atoms with E-state index in [2.05, 4.69) is 0 Å². The van der Waals surface area contributed by atoms with Crippen LogP contribution in [0.15, 0.2) is 0 Å². The zero-order chi connectivity index (χ0) is 5.91. The molecule has 0 fully saturated rings. The van der Waals surface area contributed by atoms with Crippen molar-refractivity contribution < 1.29 is 23.9 Å². The molecule has 7 heteroatoms. The van der Waals surface area contributed by atoms with E-state index in [1.165, 1.54) is 0 Å². The number of rotatable bonds is 2. The molecule has 0 aromatic carbocycles. The van der Waals surface area contributed by atoms with Crippen molar-refractivity contribution in [2.45, 2.75) is 13.3 Å². The van der Waals surface area contributed by atoms with Crippen molar-refractivity contribution in [3.8, 4) is 0 Å². The second-order valence-corrected chi connectivity index (χ2v) is 2.86. The molecule has 0 bridgehead atoms. The van der Waals surface area contributed by atoms with Crippen LogP contribution in [-0.2, 0) is 10.1 Å². The standard InChI is InChI=1S/C3H8O3S.2H2O.Sr.2H/c1-2-3-7(4,5)6;;;;;/h2-3H2,1H3,(H,4,5,6);2*1H2;;;. The zero-order valence-electron chi connectivity index (χ0n) is 5.09. The molecule has 0 spiro atoms. The van der Waals surface area contributed by atoms with Crippen molar-refractivity contribution >= 4 is 55.6 Å². The van der Waals surface area contributed by atoms with Gasteiger partial charge in [-0.15, -0.1) is 0 Å². The molecule has 0 aliphatic heterocycles. The van der Waals surface area contributed by atoms with Gasteiger partial charge in [-0.2, -0.15) is 8.42 Å². The van der Waals surface area contributed by atoms with E-state index in [4.69, 9.17) is 4.55 Å². The summed E-state index contributed by atoms with van der Waals surface area (Å²) >= 11 is 0. The van der Waals surface area contributed by atoms with Crippen molar-refractivity contribution in [2.24, 2.45) is 0 Å². The Bertz CT molecular complexity index is 130. The Kier molecular flexibility index (Phi) is 23.2. The van der Waals surface area contributed by atoms with Gasteiger partial charge in [0.05, 0.1) is 5.75 Å². The van der Waals surface area contributed by atoms with E-state index in [1.54, 1.807) is 6.92 Å². The van der Waals surface area contributed by atoms with Gasteiger partial charge in [-0.25, -0.2) is 0 Å². The summed E-state index contributed by atoms with van der Waals surface area (Å²) in [6, 6.07) is 0. The molecule has 5 N–H and O–H groups in total. The van der Waals surface area contributed by atoms with Gasteiger partial charge in [-0.3, -0.25) is 4.55 Å². The Labute approximate surface area is 97.4 Å². The summed E-state index contributed by atoms with van der Waals surface area (Å²) in [6.45, 7) is 1.69. The SMILES string of the molecule is CCCS(=O)(=O)O.O.O.[SrH2]. The quantitative estimate of drug-likeness (QED) is 0.439. The number of hydrogen-bond donors (Lipinski definition) is 1. The number of hydrogen-bond acceptors (Lipinski definition) is 2. The third-order valence-electron chi connectivity index (χ3n) is 0.462. The van der Waals surface area contributed by atoms with Gasteiger partial charge in [0.15, 0.2) is 0 Å². The molecular weight excluding hydrogens is 236 g/mol. The van der Waals surface area contributed by atoms with E-state index in [0.29, 0.717) is 6.42 Å². The first-order chi connectivity index (χ1) is 3.06. The average molecular weight is 250 g/mol. The average Bonchev–Trinajstić information content (AvgIpc) is 1.30. The first-order valence-corrected chi connectivity index (χ1v) is 3.62. The molecule has 0 heterocycles. The fourth-order valence-electron chi connectivity index (χ4n) is 0.258. The minimum atomic E-state index is -3.67. The molecule has 5 nitrogen and oxygen atoms in total. The molecule has 64 valence electrons. The van der Waals surface area contributed by atoms with Crippen LogP contribution in [0.2, 0.25) is 0 Å². The van der Waals surface area contributed by atoms with Gasteiger partial charge in [-0.05, 0) is 6.42 Å². The Hall–Kier alpha value is 1.31. The first kappa shape index (κ1) is 22.5. The molecule has 10 heavy (non-hydrogen) atoms. The van der Waals surface area contributed by atoms with Crippen molar-refractivity contribution in [3.05, 3.63) is 0 Å². The van der Waals surface area contributed by atoms with Crippen LogP contribution < -0.4 is 0 Å². The van der Waals surface area contributed by atoms with Crippen molar-refractivity contribution in [2.75, 3.05) is 5.75 Å². The van der Waals surface area contributed by atoms with Crippen LogP contribution in [0.3, 0.4) is 0 Å². The predicted octanol–water partition coefficient (Wildman–Crippen LogP) is -2.28. The molecule has 0 aromatic rings. The van der Waals surface area contributed by atoms with Gasteiger partial charge in [0.25, 0.3) is 10.1 Å². The molecule has 0 unspecified atom stereocenters. The summed E-state index contributed by atoms with van der Waals surface area (Å²) in [7, 11) is -3.67. The van der Waals surface area contributed by atoms with Gasteiger partial charge in [0.2, 0.25) is 0 Å². The van der Waals surface area contributed by atoms with E-state index in [1.807, 2.05) is 0 Å². The minimum absolute atomic E-state index is 0. The van der Waals surface area contributed by atoms with Crippen LogP contribution >= 0.6 is 0 Å². The van der Waals surface area contributed by atoms with Crippen LogP contribution in [0.4, 0.5) is 0 Å². The fourth-order valence-corrected chi connectivity index (χ4v) is 0.774. The molecule has 0 amide bonds. The second-order valence-electron chi connectivity index (χ2n) is 1.29. The molecule has 0 aliphatic rings. The molecular formula is C3H14O5SSr. The third kappa shape index (κ3) is 22.8. The summed E-state index contributed by atoms with van der Waals surface area (Å²) in [5, 5.41) is 0. The summed E-state index contributed by atoms with van der Waals surface area (Å²) in [5.74, 6) is -0.132. The van der Waals surface area contributed by atoms with Crippen LogP contribution in [0, 0.1) is 0 Å². The summed E-state index contributed by atoms with van der Waals surface area (Å²) in [5.41, 5.74) is 0. The van der Waals surface area contributed by atoms with Gasteiger partial charge >= 0.3 is 45.5 Å². The van der Waals surface area contributed by atoms with Crippen molar-refractivity contribution in [1.82, 2.24) is 0 Å². The fraction of sp³-hybridized carbons (Fsp3) is 1.00. The normalized spacial score (nSPS) is 8.20. The monoisotopic (exact) mass is 250 g/mol. The van der Waals surface area contributed by atoms with E-state index in [-0.39, 0.29) is 62.2 Å². The van der Waals surface area contributed by atoms with Crippen LogP contribution in [0.1, 0.15) is 13.3 Å². The maximum atomic E-state index is 9.79. The molecule has 0 saturated heterocycles. The Morgan fingerprint density at radius 2 is 1.60 bits per heavy atom. The first-order valence-electron chi connectivity index (χ1n) is 2.01. The molecule has 0 radical (unpaired) electrons. The van der Waals surface area contributed by atoms with Gasteiger partial charge in [0.1, 0.15) is 0 Å². The van der Waals surface area contributed by atoms with Crippen LogP contribution in [0.25, 0.3) is 0 Å². The molecule has 0 saturated carbocycles. The summed E-state index contributed by atoms with van der Waals surface area (Å²) < 4.78 is 27.6. The Morgan fingerprint density at radius 3 is 1.60 bits per heavy atom. The Balaban J connectivity index is -0.0000000600.